The highest BCUT2D eigenvalue weighted by atomic mass is 16.5. The predicted octanol–water partition coefficient (Wildman–Crippen LogP) is 7.27. The van der Waals surface area contributed by atoms with Crippen LogP contribution in [0.4, 0.5) is 0 Å². The highest BCUT2D eigenvalue weighted by Crippen LogP contribution is 2.48. The van der Waals surface area contributed by atoms with Gasteiger partial charge in [-0.15, -0.1) is 0 Å². The zero-order valence-electron chi connectivity index (χ0n) is 24.6. The SMILES string of the molecule is COc1cc(-c2ccc([C@@H]3CCc4ccc(C(C5CC5)[C@H](C)C(=O)O)cc4O3)cc2CN(C)C(C)(C)C)ccn1. The van der Waals surface area contributed by atoms with E-state index in [0.29, 0.717) is 11.8 Å². The Bertz CT molecular complexity index is 1370. The molecule has 1 fully saturated rings. The number of carboxylic acid groups (broad SMARTS) is 1. The Morgan fingerprint density at radius 3 is 2.58 bits per heavy atom. The van der Waals surface area contributed by atoms with Crippen LogP contribution in [-0.2, 0) is 17.8 Å². The molecular weight excluding hydrogens is 500 g/mol. The lowest BCUT2D eigenvalue weighted by Crippen LogP contribution is -2.37. The number of pyridine rings is 1. The third kappa shape index (κ3) is 6.02. The monoisotopic (exact) mass is 542 g/mol. The Balaban J connectivity index is 1.46. The molecule has 0 amide bonds. The molecule has 3 aromatic rings. The molecule has 0 radical (unpaired) electrons. The van der Waals surface area contributed by atoms with Gasteiger partial charge >= 0.3 is 5.97 Å². The summed E-state index contributed by atoms with van der Waals surface area (Å²) in [4.78, 5) is 18.5. The van der Waals surface area contributed by atoms with Crippen LogP contribution in [0.3, 0.4) is 0 Å². The standard InChI is InChI=1S/C34H42N2O4/c1-21(33(37)38)32(23-8-9-23)26-10-7-22-12-14-29(40-30(22)18-26)25-11-13-28(24-15-16-35-31(19-24)39-6)27(17-25)20-36(5)34(2,3)4/h7,10-11,13,15-19,21,23,29,32H,8-9,12,14,20H2,1-6H3,(H,37,38)/t21-,29-,32?/m0/s1. The number of carboxylic acids is 1. The predicted molar refractivity (Wildman–Crippen MR) is 158 cm³/mol. The van der Waals surface area contributed by atoms with Crippen molar-refractivity contribution in [1.82, 2.24) is 9.88 Å². The van der Waals surface area contributed by atoms with Crippen molar-refractivity contribution in [1.29, 1.82) is 0 Å². The summed E-state index contributed by atoms with van der Waals surface area (Å²) in [6, 6.07) is 17.1. The lowest BCUT2D eigenvalue weighted by Gasteiger charge is -2.33. The Labute approximate surface area is 238 Å². The first-order valence-electron chi connectivity index (χ1n) is 14.4. The topological polar surface area (TPSA) is 71.9 Å². The number of hydrogen-bond acceptors (Lipinski definition) is 5. The summed E-state index contributed by atoms with van der Waals surface area (Å²) in [6.45, 7) is 9.31. The molecule has 1 N–H and O–H groups in total. The number of carbonyl (C=O) groups is 1. The number of methoxy groups -OCH3 is 1. The Kier molecular flexibility index (Phi) is 7.92. The Morgan fingerprint density at radius 1 is 1.12 bits per heavy atom. The first kappa shape index (κ1) is 28.2. The Hall–Kier alpha value is -3.38. The first-order chi connectivity index (χ1) is 19.0. The highest BCUT2D eigenvalue weighted by Gasteiger charge is 2.39. The minimum atomic E-state index is -0.729. The molecule has 2 aromatic carbocycles. The molecule has 5 rings (SSSR count). The molecule has 2 aliphatic rings. The van der Waals surface area contributed by atoms with Gasteiger partial charge in [-0.3, -0.25) is 9.69 Å². The molecule has 1 aromatic heterocycles. The van der Waals surface area contributed by atoms with Gasteiger partial charge in [-0.2, -0.15) is 0 Å². The lowest BCUT2D eigenvalue weighted by atomic mass is 9.82. The van der Waals surface area contributed by atoms with E-state index in [1.165, 1.54) is 11.1 Å². The van der Waals surface area contributed by atoms with Crippen molar-refractivity contribution >= 4 is 5.97 Å². The molecule has 1 aliphatic carbocycles. The second kappa shape index (κ2) is 11.2. The van der Waals surface area contributed by atoms with Crippen molar-refractivity contribution in [3.8, 4) is 22.8 Å². The van der Waals surface area contributed by atoms with E-state index < -0.39 is 11.9 Å². The number of aryl methyl sites for hydroxylation is 1. The maximum absolute atomic E-state index is 11.9. The molecule has 3 atom stereocenters. The summed E-state index contributed by atoms with van der Waals surface area (Å²) in [5.74, 6) is 0.836. The number of aromatic nitrogens is 1. The number of hydrogen-bond donors (Lipinski definition) is 1. The molecule has 1 saturated carbocycles. The lowest BCUT2D eigenvalue weighted by molar-refractivity contribution is -0.142. The summed E-state index contributed by atoms with van der Waals surface area (Å²) in [5, 5.41) is 9.75. The van der Waals surface area contributed by atoms with Crippen molar-refractivity contribution in [2.45, 2.75) is 77.5 Å². The summed E-state index contributed by atoms with van der Waals surface area (Å²) in [6.07, 6.45) is 5.77. The molecule has 1 aliphatic heterocycles. The first-order valence-corrected chi connectivity index (χ1v) is 14.4. The van der Waals surface area contributed by atoms with Crippen molar-refractivity contribution in [2.75, 3.05) is 14.2 Å². The molecule has 212 valence electrons. The molecule has 0 bridgehead atoms. The third-order valence-corrected chi connectivity index (χ3v) is 8.79. The van der Waals surface area contributed by atoms with E-state index in [-0.39, 0.29) is 17.6 Å². The van der Waals surface area contributed by atoms with E-state index in [0.717, 1.165) is 60.2 Å². The summed E-state index contributed by atoms with van der Waals surface area (Å²) in [5.41, 5.74) is 6.94. The van der Waals surface area contributed by atoms with Gasteiger partial charge in [-0.25, -0.2) is 4.98 Å². The van der Waals surface area contributed by atoms with E-state index >= 15 is 0 Å². The van der Waals surface area contributed by atoms with Crippen LogP contribution in [-0.4, -0.2) is 40.7 Å². The molecule has 2 heterocycles. The van der Waals surface area contributed by atoms with Gasteiger partial charge in [0, 0.05) is 24.3 Å². The largest absolute Gasteiger partial charge is 0.485 e. The van der Waals surface area contributed by atoms with Gasteiger partial charge in [-0.1, -0.05) is 37.3 Å². The zero-order chi connectivity index (χ0) is 28.6. The molecule has 1 unspecified atom stereocenters. The average molecular weight is 543 g/mol. The number of nitrogens with zero attached hydrogens (tertiary/aromatic N) is 2. The van der Waals surface area contributed by atoms with Crippen LogP contribution in [0, 0.1) is 11.8 Å². The smallest absolute Gasteiger partial charge is 0.306 e. The minimum absolute atomic E-state index is 0.0189. The van der Waals surface area contributed by atoms with E-state index in [9.17, 15) is 9.90 Å². The van der Waals surface area contributed by atoms with Crippen molar-refractivity contribution < 1.29 is 19.4 Å². The van der Waals surface area contributed by atoms with Crippen molar-refractivity contribution in [3.05, 3.63) is 77.0 Å². The fourth-order valence-corrected chi connectivity index (χ4v) is 5.81. The average Bonchev–Trinajstić information content (AvgIpc) is 3.77. The summed E-state index contributed by atoms with van der Waals surface area (Å²) >= 11 is 0. The number of fused-ring (bicyclic) bond motifs is 1. The third-order valence-electron chi connectivity index (χ3n) is 8.79. The van der Waals surface area contributed by atoms with Gasteiger partial charge in [0.05, 0.1) is 13.0 Å². The molecule has 0 saturated heterocycles. The van der Waals surface area contributed by atoms with E-state index in [1.807, 2.05) is 19.1 Å². The van der Waals surface area contributed by atoms with Crippen LogP contribution in [0.15, 0.2) is 54.7 Å². The van der Waals surface area contributed by atoms with Crippen molar-refractivity contribution in [2.24, 2.45) is 11.8 Å². The maximum Gasteiger partial charge on any atom is 0.306 e. The van der Waals surface area contributed by atoms with E-state index in [1.54, 1.807) is 13.3 Å². The molecule has 40 heavy (non-hydrogen) atoms. The second-order valence-corrected chi connectivity index (χ2v) is 12.5. The molecular formula is C34H42N2O4. The van der Waals surface area contributed by atoms with Crippen LogP contribution in [0.2, 0.25) is 0 Å². The molecule has 6 heteroatoms. The highest BCUT2D eigenvalue weighted by molar-refractivity contribution is 5.71. The maximum atomic E-state index is 11.9. The quantitative estimate of drug-likeness (QED) is 0.307. The van der Waals surface area contributed by atoms with E-state index in [2.05, 4.69) is 74.1 Å². The molecule has 6 nitrogen and oxygen atoms in total. The van der Waals surface area contributed by atoms with Gasteiger partial charge in [0.2, 0.25) is 5.88 Å². The zero-order valence-corrected chi connectivity index (χ0v) is 24.6. The van der Waals surface area contributed by atoms with Crippen LogP contribution in [0.1, 0.15) is 81.2 Å². The van der Waals surface area contributed by atoms with Crippen LogP contribution in [0.5, 0.6) is 11.6 Å². The second-order valence-electron chi connectivity index (χ2n) is 12.5. The number of rotatable bonds is 9. The molecule has 0 spiro atoms. The Morgan fingerprint density at radius 2 is 1.90 bits per heavy atom. The van der Waals surface area contributed by atoms with Crippen LogP contribution >= 0.6 is 0 Å². The van der Waals surface area contributed by atoms with Gasteiger partial charge in [-0.05, 0) is 111 Å². The van der Waals surface area contributed by atoms with Crippen LogP contribution in [0.25, 0.3) is 11.1 Å². The number of ether oxygens (including phenoxy) is 2. The van der Waals surface area contributed by atoms with Gasteiger partial charge in [0.1, 0.15) is 11.9 Å². The van der Waals surface area contributed by atoms with Crippen molar-refractivity contribution in [3.63, 3.8) is 0 Å². The fourth-order valence-electron chi connectivity index (χ4n) is 5.81. The van der Waals surface area contributed by atoms with Gasteiger partial charge in [0.15, 0.2) is 0 Å². The summed E-state index contributed by atoms with van der Waals surface area (Å²) < 4.78 is 12.1. The van der Waals surface area contributed by atoms with Gasteiger partial charge < -0.3 is 14.6 Å². The fraction of sp³-hybridized carbons (Fsp3) is 0.471. The van der Waals surface area contributed by atoms with Crippen LogP contribution < -0.4 is 9.47 Å². The minimum Gasteiger partial charge on any atom is -0.485 e. The number of benzene rings is 2. The normalized spacial score (nSPS) is 18.5. The van der Waals surface area contributed by atoms with E-state index in [4.69, 9.17) is 9.47 Å². The van der Waals surface area contributed by atoms with Gasteiger partial charge in [0.25, 0.3) is 0 Å². The number of aliphatic carboxylic acids is 1. The summed E-state index contributed by atoms with van der Waals surface area (Å²) in [7, 11) is 3.80.